The quantitative estimate of drug-likeness (QED) is 0.780. The molecule has 0 bridgehead atoms. The van der Waals surface area contributed by atoms with Crippen molar-refractivity contribution in [2.24, 2.45) is 0 Å². The summed E-state index contributed by atoms with van der Waals surface area (Å²) in [5.74, 6) is 1.21. The molecule has 0 aliphatic carbocycles. The van der Waals surface area contributed by atoms with Gasteiger partial charge in [-0.3, -0.25) is 0 Å². The van der Waals surface area contributed by atoms with Gasteiger partial charge in [0.25, 0.3) is 0 Å². The molecule has 15 heavy (non-hydrogen) atoms. The van der Waals surface area contributed by atoms with Crippen molar-refractivity contribution in [1.82, 2.24) is 10.2 Å². The summed E-state index contributed by atoms with van der Waals surface area (Å²) in [7, 11) is 0. The summed E-state index contributed by atoms with van der Waals surface area (Å²) in [4.78, 5) is 0. The second-order valence-electron chi connectivity index (χ2n) is 3.06. The maximum atomic E-state index is 5.62. The van der Waals surface area contributed by atoms with E-state index in [4.69, 9.17) is 16.3 Å². The third-order valence-corrected chi connectivity index (χ3v) is 2.12. The summed E-state index contributed by atoms with van der Waals surface area (Å²) >= 11 is 5.62. The number of hydrogen-bond donors (Lipinski definition) is 0. The fourth-order valence-corrected chi connectivity index (χ4v) is 1.24. The smallest absolute Gasteiger partial charge is 0.238 e. The predicted octanol–water partition coefficient (Wildman–Crippen LogP) is 3.23. The second kappa shape index (κ2) is 4.28. The summed E-state index contributed by atoms with van der Waals surface area (Å²) in [6, 6.07) is 11.0. The number of benzene rings is 1. The normalized spacial score (nSPS) is 10.0. The summed E-state index contributed by atoms with van der Waals surface area (Å²) in [5, 5.41) is 7.86. The molecule has 0 unspecified atom stereocenters. The van der Waals surface area contributed by atoms with Gasteiger partial charge >= 0.3 is 0 Å². The van der Waals surface area contributed by atoms with Crippen LogP contribution in [0.25, 0.3) is 0 Å². The van der Waals surface area contributed by atoms with Crippen LogP contribution in [0.1, 0.15) is 5.56 Å². The predicted molar refractivity (Wildman–Crippen MR) is 58.3 cm³/mol. The highest BCUT2D eigenvalue weighted by molar-refractivity contribution is 6.29. The molecule has 0 saturated heterocycles. The lowest BCUT2D eigenvalue weighted by molar-refractivity contribution is 0.452. The molecular weight excluding hydrogens is 212 g/mol. The molecule has 1 aromatic carbocycles. The molecule has 2 rings (SSSR count). The van der Waals surface area contributed by atoms with Gasteiger partial charge in [-0.2, -0.15) is 0 Å². The van der Waals surface area contributed by atoms with Crippen LogP contribution in [0.15, 0.2) is 36.4 Å². The summed E-state index contributed by atoms with van der Waals surface area (Å²) in [5.41, 5.74) is 1.05. The van der Waals surface area contributed by atoms with Gasteiger partial charge in [0.15, 0.2) is 5.15 Å². The Morgan fingerprint density at radius 1 is 1.07 bits per heavy atom. The zero-order valence-corrected chi connectivity index (χ0v) is 8.90. The van der Waals surface area contributed by atoms with Crippen molar-refractivity contribution < 1.29 is 4.74 Å². The van der Waals surface area contributed by atoms with E-state index < -0.39 is 0 Å². The Balaban J connectivity index is 2.22. The Hall–Kier alpha value is -1.61. The SMILES string of the molecule is Cc1ccccc1Oc1ccc(Cl)nn1. The first-order valence-electron chi connectivity index (χ1n) is 4.48. The number of rotatable bonds is 2. The van der Waals surface area contributed by atoms with Crippen LogP contribution in [0.5, 0.6) is 11.6 Å². The molecule has 0 fully saturated rings. The van der Waals surface area contributed by atoms with Gasteiger partial charge in [0.1, 0.15) is 5.75 Å². The fourth-order valence-electron chi connectivity index (χ4n) is 1.14. The van der Waals surface area contributed by atoms with Crippen LogP contribution in [0.3, 0.4) is 0 Å². The van der Waals surface area contributed by atoms with Gasteiger partial charge in [-0.05, 0) is 24.6 Å². The van der Waals surface area contributed by atoms with Gasteiger partial charge < -0.3 is 4.74 Å². The van der Waals surface area contributed by atoms with E-state index in [2.05, 4.69) is 10.2 Å². The van der Waals surface area contributed by atoms with E-state index in [-0.39, 0.29) is 0 Å². The standard InChI is InChI=1S/C11H9ClN2O/c1-8-4-2-3-5-9(8)15-11-7-6-10(12)13-14-11/h2-7H,1H3. The zero-order chi connectivity index (χ0) is 10.7. The van der Waals surface area contributed by atoms with Crippen molar-refractivity contribution in [3.8, 4) is 11.6 Å². The molecule has 0 radical (unpaired) electrons. The van der Waals surface area contributed by atoms with Crippen molar-refractivity contribution in [1.29, 1.82) is 0 Å². The van der Waals surface area contributed by atoms with Crippen LogP contribution in [0, 0.1) is 6.92 Å². The lowest BCUT2D eigenvalue weighted by atomic mass is 10.2. The summed E-state index contributed by atoms with van der Waals surface area (Å²) in [6.07, 6.45) is 0. The molecule has 0 saturated carbocycles. The Labute approximate surface area is 92.7 Å². The van der Waals surface area contributed by atoms with Crippen LogP contribution < -0.4 is 4.74 Å². The van der Waals surface area contributed by atoms with E-state index in [1.807, 2.05) is 31.2 Å². The van der Waals surface area contributed by atoms with Gasteiger partial charge in [-0.25, -0.2) is 0 Å². The molecule has 0 aliphatic rings. The average molecular weight is 221 g/mol. The molecule has 76 valence electrons. The molecule has 1 aromatic heterocycles. The Morgan fingerprint density at radius 3 is 2.53 bits per heavy atom. The highest BCUT2D eigenvalue weighted by Gasteiger charge is 2.01. The van der Waals surface area contributed by atoms with Gasteiger partial charge in [-0.1, -0.05) is 29.8 Å². The Kier molecular flexibility index (Phi) is 2.83. The molecule has 4 heteroatoms. The van der Waals surface area contributed by atoms with Crippen molar-refractivity contribution >= 4 is 11.6 Å². The monoisotopic (exact) mass is 220 g/mol. The number of aromatic nitrogens is 2. The minimum absolute atomic E-state index is 0.354. The van der Waals surface area contributed by atoms with Crippen molar-refractivity contribution in [3.63, 3.8) is 0 Å². The topological polar surface area (TPSA) is 35.0 Å². The zero-order valence-electron chi connectivity index (χ0n) is 8.14. The largest absolute Gasteiger partial charge is 0.437 e. The van der Waals surface area contributed by atoms with Crippen molar-refractivity contribution in [2.45, 2.75) is 6.92 Å². The number of aryl methyl sites for hydroxylation is 1. The number of nitrogens with zero attached hydrogens (tertiary/aromatic N) is 2. The Morgan fingerprint density at radius 2 is 1.87 bits per heavy atom. The fraction of sp³-hybridized carbons (Fsp3) is 0.0909. The van der Waals surface area contributed by atoms with Crippen molar-refractivity contribution in [3.05, 3.63) is 47.1 Å². The van der Waals surface area contributed by atoms with E-state index in [0.29, 0.717) is 11.0 Å². The van der Waals surface area contributed by atoms with Crippen LogP contribution in [-0.4, -0.2) is 10.2 Å². The number of para-hydroxylation sites is 1. The molecule has 0 atom stereocenters. The third-order valence-electron chi connectivity index (χ3n) is 1.92. The highest BCUT2D eigenvalue weighted by atomic mass is 35.5. The molecule has 3 nitrogen and oxygen atoms in total. The van der Waals surface area contributed by atoms with Crippen LogP contribution >= 0.6 is 11.6 Å². The maximum Gasteiger partial charge on any atom is 0.238 e. The van der Waals surface area contributed by atoms with Gasteiger partial charge in [0.05, 0.1) is 0 Å². The number of halogens is 1. The first-order chi connectivity index (χ1) is 7.25. The first kappa shape index (κ1) is 9.93. The second-order valence-corrected chi connectivity index (χ2v) is 3.45. The third kappa shape index (κ3) is 2.44. The first-order valence-corrected chi connectivity index (χ1v) is 4.86. The molecule has 0 aliphatic heterocycles. The van der Waals surface area contributed by atoms with Crippen LogP contribution in [0.2, 0.25) is 5.15 Å². The van der Waals surface area contributed by atoms with E-state index in [1.54, 1.807) is 12.1 Å². The molecule has 1 heterocycles. The Bertz CT molecular complexity index is 456. The van der Waals surface area contributed by atoms with E-state index in [1.165, 1.54) is 0 Å². The lowest BCUT2D eigenvalue weighted by Gasteiger charge is -2.05. The minimum Gasteiger partial charge on any atom is -0.437 e. The molecule has 2 aromatic rings. The van der Waals surface area contributed by atoms with E-state index >= 15 is 0 Å². The molecular formula is C11H9ClN2O. The number of ether oxygens (including phenoxy) is 1. The lowest BCUT2D eigenvalue weighted by Crippen LogP contribution is -1.91. The van der Waals surface area contributed by atoms with Gasteiger partial charge in [0, 0.05) is 6.07 Å². The van der Waals surface area contributed by atoms with E-state index in [0.717, 1.165) is 11.3 Å². The summed E-state index contributed by atoms with van der Waals surface area (Å²) in [6.45, 7) is 1.97. The van der Waals surface area contributed by atoms with Crippen LogP contribution in [-0.2, 0) is 0 Å². The van der Waals surface area contributed by atoms with Crippen molar-refractivity contribution in [2.75, 3.05) is 0 Å². The summed E-state index contributed by atoms with van der Waals surface area (Å²) < 4.78 is 5.53. The highest BCUT2D eigenvalue weighted by Crippen LogP contribution is 2.22. The molecule has 0 amide bonds. The van der Waals surface area contributed by atoms with Crippen LogP contribution in [0.4, 0.5) is 0 Å². The minimum atomic E-state index is 0.354. The van der Waals surface area contributed by atoms with Gasteiger partial charge in [0.2, 0.25) is 5.88 Å². The molecule has 0 spiro atoms. The number of hydrogen-bond acceptors (Lipinski definition) is 3. The molecule has 0 N–H and O–H groups in total. The van der Waals surface area contributed by atoms with Gasteiger partial charge in [-0.15, -0.1) is 10.2 Å². The van der Waals surface area contributed by atoms with E-state index in [9.17, 15) is 0 Å². The average Bonchev–Trinajstić information content (AvgIpc) is 2.25. The maximum absolute atomic E-state index is 5.62.